The first kappa shape index (κ1) is 18.0. The van der Waals surface area contributed by atoms with E-state index in [0.717, 1.165) is 37.4 Å². The predicted octanol–water partition coefficient (Wildman–Crippen LogP) is -0.168. The van der Waals surface area contributed by atoms with E-state index in [-0.39, 0.29) is 11.9 Å². The number of nitrogens with one attached hydrogen (secondary N) is 1. The highest BCUT2D eigenvalue weighted by Gasteiger charge is 2.26. The van der Waals surface area contributed by atoms with Gasteiger partial charge in [0.1, 0.15) is 0 Å². The van der Waals surface area contributed by atoms with Crippen molar-refractivity contribution in [2.45, 2.75) is 43.9 Å². The maximum absolute atomic E-state index is 11.9. The predicted molar refractivity (Wildman–Crippen MR) is 87.0 cm³/mol. The van der Waals surface area contributed by atoms with Gasteiger partial charge < -0.3 is 25.2 Å². The van der Waals surface area contributed by atoms with E-state index in [9.17, 15) is 15.0 Å². The van der Waals surface area contributed by atoms with E-state index in [1.807, 2.05) is 16.7 Å². The fourth-order valence-electron chi connectivity index (χ4n) is 2.85. The Labute approximate surface area is 136 Å². The normalized spacial score (nSPS) is 29.5. The van der Waals surface area contributed by atoms with Crippen molar-refractivity contribution in [2.24, 2.45) is 0 Å². The summed E-state index contributed by atoms with van der Waals surface area (Å²) in [7, 11) is 0. The lowest BCUT2D eigenvalue weighted by atomic mass is 9.98. The maximum atomic E-state index is 11.9. The second-order valence-corrected chi connectivity index (χ2v) is 7.19. The average Bonchev–Trinajstić information content (AvgIpc) is 2.53. The highest BCUT2D eigenvalue weighted by Crippen LogP contribution is 2.16. The van der Waals surface area contributed by atoms with E-state index >= 15 is 0 Å². The molecule has 2 heterocycles. The highest BCUT2D eigenvalue weighted by molar-refractivity contribution is 7.99. The van der Waals surface area contributed by atoms with E-state index in [1.165, 1.54) is 0 Å². The van der Waals surface area contributed by atoms with Gasteiger partial charge in [0.25, 0.3) is 0 Å². The van der Waals surface area contributed by atoms with Crippen LogP contribution < -0.4 is 5.32 Å². The van der Waals surface area contributed by atoms with Crippen molar-refractivity contribution < 1.29 is 19.7 Å². The lowest BCUT2D eigenvalue weighted by molar-refractivity contribution is -0.135. The van der Waals surface area contributed by atoms with Gasteiger partial charge >= 0.3 is 0 Å². The Hall–Kier alpha value is -0.340. The topological polar surface area (TPSA) is 82.0 Å². The third kappa shape index (κ3) is 6.04. The van der Waals surface area contributed by atoms with E-state index in [4.69, 9.17) is 4.74 Å². The van der Waals surface area contributed by atoms with Gasteiger partial charge in [-0.2, -0.15) is 11.8 Å². The van der Waals surface area contributed by atoms with E-state index < -0.39 is 12.2 Å². The monoisotopic (exact) mass is 332 g/mol. The second-order valence-electron chi connectivity index (χ2n) is 5.97. The van der Waals surface area contributed by atoms with E-state index in [2.05, 4.69) is 5.32 Å². The molecule has 2 rings (SSSR count). The average molecular weight is 332 g/mol. The van der Waals surface area contributed by atoms with Crippen molar-refractivity contribution in [1.29, 1.82) is 0 Å². The smallest absolute Gasteiger partial charge is 0.222 e. The minimum Gasteiger partial charge on any atom is -0.392 e. The molecule has 0 aromatic rings. The fraction of sp³-hybridized carbons (Fsp3) is 0.933. The number of β-amino-alcohol motifs (C(OH)–C–C–N with tert-alkyl or cyclic N) is 1. The number of aliphatic hydroxyl groups excluding tert-OH is 2. The summed E-state index contributed by atoms with van der Waals surface area (Å²) in [6.45, 7) is 3.34. The van der Waals surface area contributed by atoms with Crippen LogP contribution in [-0.2, 0) is 9.53 Å². The molecule has 0 saturated carbocycles. The Morgan fingerprint density at radius 1 is 1.27 bits per heavy atom. The van der Waals surface area contributed by atoms with Crippen LogP contribution in [0.25, 0.3) is 0 Å². The largest absolute Gasteiger partial charge is 0.392 e. The van der Waals surface area contributed by atoms with Crippen LogP contribution in [0, 0.1) is 0 Å². The first-order valence-electron chi connectivity index (χ1n) is 8.19. The maximum Gasteiger partial charge on any atom is 0.222 e. The molecule has 0 bridgehead atoms. The molecule has 2 saturated heterocycles. The molecule has 2 fully saturated rings. The van der Waals surface area contributed by atoms with Crippen LogP contribution >= 0.6 is 11.8 Å². The van der Waals surface area contributed by atoms with E-state index in [1.54, 1.807) is 0 Å². The summed E-state index contributed by atoms with van der Waals surface area (Å²) in [5.41, 5.74) is 0. The van der Waals surface area contributed by atoms with Crippen molar-refractivity contribution in [3.63, 3.8) is 0 Å². The Kier molecular flexibility index (Phi) is 7.96. The number of piperidine rings is 1. The minimum atomic E-state index is -0.452. The SMILES string of the molecule is O=C(CCCSCCC1NCC(O)CC1O)N1CCOCC1. The number of aliphatic hydroxyl groups is 2. The number of carbonyl (C=O) groups is 1. The Morgan fingerprint density at radius 2 is 2.05 bits per heavy atom. The molecule has 3 unspecified atom stereocenters. The first-order valence-corrected chi connectivity index (χ1v) is 9.35. The number of nitrogens with zero attached hydrogens (tertiary/aromatic N) is 1. The van der Waals surface area contributed by atoms with Gasteiger partial charge in [0, 0.05) is 38.5 Å². The van der Waals surface area contributed by atoms with Crippen LogP contribution in [0.1, 0.15) is 25.7 Å². The van der Waals surface area contributed by atoms with E-state index in [0.29, 0.717) is 32.6 Å². The molecule has 1 amide bonds. The number of morpholine rings is 1. The molecule has 3 atom stereocenters. The summed E-state index contributed by atoms with van der Waals surface area (Å²) in [6, 6.07) is 0.0888. The molecule has 22 heavy (non-hydrogen) atoms. The number of ether oxygens (including phenoxy) is 1. The highest BCUT2D eigenvalue weighted by atomic mass is 32.2. The number of hydrogen-bond acceptors (Lipinski definition) is 6. The van der Waals surface area contributed by atoms with Crippen molar-refractivity contribution >= 4 is 17.7 Å². The molecule has 2 aliphatic rings. The Bertz CT molecular complexity index is 340. The van der Waals surface area contributed by atoms with Crippen molar-refractivity contribution in [2.75, 3.05) is 44.4 Å². The van der Waals surface area contributed by atoms with Gasteiger partial charge in [-0.05, 0) is 24.3 Å². The molecule has 128 valence electrons. The Morgan fingerprint density at radius 3 is 2.77 bits per heavy atom. The molecule has 3 N–H and O–H groups in total. The molecule has 0 spiro atoms. The van der Waals surface area contributed by atoms with Gasteiger partial charge in [0.05, 0.1) is 25.4 Å². The summed E-state index contributed by atoms with van der Waals surface area (Å²) < 4.78 is 5.24. The van der Waals surface area contributed by atoms with Gasteiger partial charge in [-0.1, -0.05) is 0 Å². The zero-order chi connectivity index (χ0) is 15.8. The summed E-state index contributed by atoms with van der Waals surface area (Å²) >= 11 is 1.83. The van der Waals surface area contributed by atoms with Crippen LogP contribution in [0.5, 0.6) is 0 Å². The third-order valence-electron chi connectivity index (χ3n) is 4.21. The van der Waals surface area contributed by atoms with Gasteiger partial charge in [-0.3, -0.25) is 4.79 Å². The number of amides is 1. The van der Waals surface area contributed by atoms with Crippen LogP contribution in [0.15, 0.2) is 0 Å². The fourth-order valence-corrected chi connectivity index (χ4v) is 3.83. The zero-order valence-corrected chi connectivity index (χ0v) is 13.9. The second kappa shape index (κ2) is 9.72. The molecular weight excluding hydrogens is 304 g/mol. The van der Waals surface area contributed by atoms with Crippen molar-refractivity contribution in [3.8, 4) is 0 Å². The van der Waals surface area contributed by atoms with Gasteiger partial charge in [0.2, 0.25) is 5.91 Å². The summed E-state index contributed by atoms with van der Waals surface area (Å²) in [6.07, 6.45) is 2.01. The van der Waals surface area contributed by atoms with Crippen molar-refractivity contribution in [3.05, 3.63) is 0 Å². The molecule has 0 radical (unpaired) electrons. The molecule has 0 aromatic heterocycles. The molecule has 2 aliphatic heterocycles. The van der Waals surface area contributed by atoms with Crippen LogP contribution in [0.4, 0.5) is 0 Å². The molecule has 6 nitrogen and oxygen atoms in total. The van der Waals surface area contributed by atoms with Gasteiger partial charge in [-0.15, -0.1) is 0 Å². The van der Waals surface area contributed by atoms with Crippen LogP contribution in [-0.4, -0.2) is 83.6 Å². The number of thioether (sulfide) groups is 1. The summed E-state index contributed by atoms with van der Waals surface area (Å²) in [5.74, 6) is 2.18. The Balaban J connectivity index is 1.48. The molecular formula is C15H28N2O4S. The molecule has 7 heteroatoms. The standard InChI is InChI=1S/C15H28N2O4S/c18-12-10-14(19)13(16-11-12)3-9-22-8-1-2-15(20)17-4-6-21-7-5-17/h12-14,16,18-19H,1-11H2. The minimum absolute atomic E-state index is 0.0888. The lowest BCUT2D eigenvalue weighted by Crippen LogP contribution is -2.50. The number of carbonyl (C=O) groups excluding carboxylic acids is 1. The van der Waals surface area contributed by atoms with Crippen LogP contribution in [0.3, 0.4) is 0 Å². The molecule has 0 aliphatic carbocycles. The van der Waals surface area contributed by atoms with Crippen LogP contribution in [0.2, 0.25) is 0 Å². The number of rotatable bonds is 7. The van der Waals surface area contributed by atoms with Gasteiger partial charge in [-0.25, -0.2) is 0 Å². The van der Waals surface area contributed by atoms with Gasteiger partial charge in [0.15, 0.2) is 0 Å². The first-order chi connectivity index (χ1) is 10.7. The van der Waals surface area contributed by atoms with Crippen molar-refractivity contribution in [1.82, 2.24) is 10.2 Å². The molecule has 0 aromatic carbocycles. The summed E-state index contributed by atoms with van der Waals surface area (Å²) in [5, 5.41) is 22.5. The number of hydrogen-bond donors (Lipinski definition) is 3. The third-order valence-corrected chi connectivity index (χ3v) is 5.31. The summed E-state index contributed by atoms with van der Waals surface area (Å²) in [4.78, 5) is 13.8. The lowest BCUT2D eigenvalue weighted by Gasteiger charge is -2.31. The quantitative estimate of drug-likeness (QED) is 0.562. The zero-order valence-electron chi connectivity index (χ0n) is 13.1.